The first-order valence-electron chi connectivity index (χ1n) is 9.94. The molecule has 0 saturated carbocycles. The van der Waals surface area contributed by atoms with Crippen LogP contribution in [-0.4, -0.2) is 106 Å². The number of piperazine rings is 1. The van der Waals surface area contributed by atoms with Crippen molar-refractivity contribution < 1.29 is 14.3 Å². The molecule has 1 atom stereocenters. The van der Waals surface area contributed by atoms with Gasteiger partial charge >= 0.3 is 11.8 Å². The van der Waals surface area contributed by atoms with Crippen LogP contribution in [-0.2, 0) is 14.3 Å². The van der Waals surface area contributed by atoms with E-state index in [4.69, 9.17) is 4.74 Å². The van der Waals surface area contributed by atoms with Crippen LogP contribution in [0.15, 0.2) is 16.8 Å². The van der Waals surface area contributed by atoms with Crippen molar-refractivity contribution in [2.24, 2.45) is 0 Å². The number of morpholine rings is 1. The maximum absolute atomic E-state index is 12.3. The zero-order valence-corrected chi connectivity index (χ0v) is 17.4. The minimum atomic E-state index is -0.560. The van der Waals surface area contributed by atoms with Crippen molar-refractivity contribution in [1.82, 2.24) is 25.3 Å². The lowest BCUT2D eigenvalue weighted by atomic mass is 10.1. The van der Waals surface area contributed by atoms with Crippen LogP contribution in [0.2, 0.25) is 0 Å². The zero-order chi connectivity index (χ0) is 19.8. The van der Waals surface area contributed by atoms with Gasteiger partial charge in [-0.15, -0.1) is 0 Å². The summed E-state index contributed by atoms with van der Waals surface area (Å²) in [6.45, 7) is 8.78. The van der Waals surface area contributed by atoms with Gasteiger partial charge in [0.2, 0.25) is 0 Å². The summed E-state index contributed by atoms with van der Waals surface area (Å²) >= 11 is 1.65. The topological polar surface area (TPSA) is 77.1 Å². The molecule has 28 heavy (non-hydrogen) atoms. The highest BCUT2D eigenvalue weighted by Crippen LogP contribution is 2.23. The van der Waals surface area contributed by atoms with Gasteiger partial charge in [-0.2, -0.15) is 11.3 Å². The SMILES string of the molecule is CN1CCN(C(CNC(=O)C(=O)NCCN2CCOCC2)c2ccsc2)CC1. The van der Waals surface area contributed by atoms with Crippen molar-refractivity contribution in [1.29, 1.82) is 0 Å². The fourth-order valence-corrected chi connectivity index (χ4v) is 4.27. The van der Waals surface area contributed by atoms with Gasteiger partial charge in [-0.05, 0) is 29.4 Å². The maximum atomic E-state index is 12.3. The van der Waals surface area contributed by atoms with Gasteiger partial charge in [-0.3, -0.25) is 19.4 Å². The number of ether oxygens (including phenoxy) is 1. The van der Waals surface area contributed by atoms with Gasteiger partial charge in [0.25, 0.3) is 0 Å². The highest BCUT2D eigenvalue weighted by Gasteiger charge is 2.25. The van der Waals surface area contributed by atoms with Crippen molar-refractivity contribution in [3.8, 4) is 0 Å². The molecule has 0 spiro atoms. The molecular formula is C19H31N5O3S. The van der Waals surface area contributed by atoms with E-state index in [0.29, 0.717) is 13.1 Å². The van der Waals surface area contributed by atoms with E-state index in [0.717, 1.165) is 59.0 Å². The summed E-state index contributed by atoms with van der Waals surface area (Å²) in [5.74, 6) is -1.12. The third kappa shape index (κ3) is 6.25. The molecule has 2 N–H and O–H groups in total. The van der Waals surface area contributed by atoms with Crippen molar-refractivity contribution in [3.05, 3.63) is 22.4 Å². The summed E-state index contributed by atoms with van der Waals surface area (Å²) in [6, 6.07) is 2.20. The first-order chi connectivity index (χ1) is 13.6. The number of amides is 2. The van der Waals surface area contributed by atoms with E-state index in [1.165, 1.54) is 5.56 Å². The molecule has 9 heteroatoms. The second-order valence-electron chi connectivity index (χ2n) is 7.33. The van der Waals surface area contributed by atoms with Crippen LogP contribution in [0.1, 0.15) is 11.6 Å². The summed E-state index contributed by atoms with van der Waals surface area (Å²) in [4.78, 5) is 31.3. The Bertz CT molecular complexity index is 613. The van der Waals surface area contributed by atoms with E-state index < -0.39 is 11.8 Å². The maximum Gasteiger partial charge on any atom is 0.309 e. The van der Waals surface area contributed by atoms with E-state index in [1.54, 1.807) is 11.3 Å². The zero-order valence-electron chi connectivity index (χ0n) is 16.6. The highest BCUT2D eigenvalue weighted by atomic mass is 32.1. The molecule has 0 aromatic carbocycles. The largest absolute Gasteiger partial charge is 0.379 e. The molecule has 0 radical (unpaired) electrons. The summed E-state index contributed by atoms with van der Waals surface area (Å²) < 4.78 is 5.31. The average molecular weight is 410 g/mol. The predicted octanol–water partition coefficient (Wildman–Crippen LogP) is -0.399. The number of likely N-dealkylation sites (N-methyl/N-ethyl adjacent to an activating group) is 1. The summed E-state index contributed by atoms with van der Waals surface area (Å²) in [6.07, 6.45) is 0. The van der Waals surface area contributed by atoms with Gasteiger partial charge in [-0.1, -0.05) is 0 Å². The molecule has 2 saturated heterocycles. The molecule has 3 heterocycles. The predicted molar refractivity (Wildman–Crippen MR) is 109 cm³/mol. The van der Waals surface area contributed by atoms with Crippen LogP contribution in [0.25, 0.3) is 0 Å². The molecule has 1 aromatic heterocycles. The van der Waals surface area contributed by atoms with Crippen molar-refractivity contribution >= 4 is 23.2 Å². The molecular weight excluding hydrogens is 378 g/mol. The van der Waals surface area contributed by atoms with E-state index >= 15 is 0 Å². The molecule has 2 fully saturated rings. The van der Waals surface area contributed by atoms with Gasteiger partial charge in [0.15, 0.2) is 0 Å². The number of carbonyl (C=O) groups is 2. The van der Waals surface area contributed by atoms with E-state index in [2.05, 4.69) is 49.2 Å². The van der Waals surface area contributed by atoms with Crippen molar-refractivity contribution in [3.63, 3.8) is 0 Å². The third-order valence-electron chi connectivity index (χ3n) is 5.39. The number of carbonyl (C=O) groups excluding carboxylic acids is 2. The smallest absolute Gasteiger partial charge is 0.309 e. The number of hydrogen-bond donors (Lipinski definition) is 2. The Morgan fingerprint density at radius 1 is 1.11 bits per heavy atom. The van der Waals surface area contributed by atoms with Crippen molar-refractivity contribution in [2.45, 2.75) is 6.04 Å². The van der Waals surface area contributed by atoms with Crippen molar-refractivity contribution in [2.75, 3.05) is 79.2 Å². The van der Waals surface area contributed by atoms with E-state index in [-0.39, 0.29) is 6.04 Å². The van der Waals surface area contributed by atoms with Crippen LogP contribution in [0.4, 0.5) is 0 Å². The Balaban J connectivity index is 1.44. The van der Waals surface area contributed by atoms with Crippen LogP contribution in [0.5, 0.6) is 0 Å². The molecule has 2 aliphatic rings. The first-order valence-corrected chi connectivity index (χ1v) is 10.9. The Labute approximate surface area is 170 Å². The van der Waals surface area contributed by atoms with Gasteiger partial charge in [0.1, 0.15) is 0 Å². The number of hydrogen-bond acceptors (Lipinski definition) is 7. The van der Waals surface area contributed by atoms with Crippen LogP contribution in [0, 0.1) is 0 Å². The normalized spacial score (nSPS) is 20.6. The van der Waals surface area contributed by atoms with Gasteiger partial charge in [-0.25, -0.2) is 0 Å². The standard InChI is InChI=1S/C19H31N5O3S/c1-22-5-7-24(8-6-22)17(16-2-13-28-15-16)14-21-19(26)18(25)20-3-4-23-9-11-27-12-10-23/h2,13,15,17H,3-12,14H2,1H3,(H,20,25)(H,21,26). The molecule has 2 amide bonds. The monoisotopic (exact) mass is 409 g/mol. The molecule has 8 nitrogen and oxygen atoms in total. The number of rotatable bonds is 7. The minimum Gasteiger partial charge on any atom is -0.379 e. The van der Waals surface area contributed by atoms with Crippen LogP contribution >= 0.6 is 11.3 Å². The molecule has 156 valence electrons. The molecule has 0 aliphatic carbocycles. The van der Waals surface area contributed by atoms with E-state index in [9.17, 15) is 9.59 Å². The average Bonchev–Trinajstić information content (AvgIpc) is 3.24. The summed E-state index contributed by atoms with van der Waals surface area (Å²) in [5.41, 5.74) is 1.20. The third-order valence-corrected chi connectivity index (χ3v) is 6.09. The minimum absolute atomic E-state index is 0.102. The first kappa shape index (κ1) is 21.2. The number of nitrogens with zero attached hydrogens (tertiary/aromatic N) is 3. The fraction of sp³-hybridized carbons (Fsp3) is 0.684. The van der Waals surface area contributed by atoms with Gasteiger partial charge < -0.3 is 20.3 Å². The highest BCUT2D eigenvalue weighted by molar-refractivity contribution is 7.07. The number of nitrogens with one attached hydrogen (secondary N) is 2. The molecule has 0 bridgehead atoms. The second kappa shape index (κ2) is 10.9. The lowest BCUT2D eigenvalue weighted by Gasteiger charge is -2.37. The van der Waals surface area contributed by atoms with E-state index in [1.807, 2.05) is 0 Å². The summed E-state index contributed by atoms with van der Waals surface area (Å²) in [5, 5.41) is 9.73. The number of thiophene rings is 1. The second-order valence-corrected chi connectivity index (χ2v) is 8.11. The Hall–Kier alpha value is -1.52. The molecule has 3 rings (SSSR count). The molecule has 1 aromatic rings. The Morgan fingerprint density at radius 2 is 1.82 bits per heavy atom. The Morgan fingerprint density at radius 3 is 2.50 bits per heavy atom. The Kier molecular flexibility index (Phi) is 8.23. The van der Waals surface area contributed by atoms with Gasteiger partial charge in [0, 0.05) is 58.9 Å². The molecule has 1 unspecified atom stereocenters. The van der Waals surface area contributed by atoms with Crippen LogP contribution in [0.3, 0.4) is 0 Å². The quantitative estimate of drug-likeness (QED) is 0.597. The van der Waals surface area contributed by atoms with Gasteiger partial charge in [0.05, 0.1) is 19.3 Å². The van der Waals surface area contributed by atoms with Crippen LogP contribution < -0.4 is 10.6 Å². The lowest BCUT2D eigenvalue weighted by molar-refractivity contribution is -0.139. The fourth-order valence-electron chi connectivity index (χ4n) is 3.56. The molecule has 2 aliphatic heterocycles. The lowest BCUT2D eigenvalue weighted by Crippen LogP contribution is -2.50. The summed E-state index contributed by atoms with van der Waals surface area (Å²) in [7, 11) is 2.12.